The Morgan fingerprint density at radius 2 is 2.06 bits per heavy atom. The standard InChI is InChI=1S/C13H21BrN4/c1-3-15-12-11(14)13(17-9-16-12)18(4-2)10-7-5-6-8-10/h9-10H,3-8H2,1-2H3,(H,15,16,17). The first-order valence-electron chi connectivity index (χ1n) is 6.78. The Morgan fingerprint density at radius 3 is 2.67 bits per heavy atom. The van der Waals surface area contributed by atoms with E-state index in [9.17, 15) is 0 Å². The van der Waals surface area contributed by atoms with E-state index >= 15 is 0 Å². The minimum atomic E-state index is 0.635. The van der Waals surface area contributed by atoms with Gasteiger partial charge in [-0.25, -0.2) is 9.97 Å². The summed E-state index contributed by atoms with van der Waals surface area (Å²) in [5, 5.41) is 3.26. The monoisotopic (exact) mass is 312 g/mol. The number of aromatic nitrogens is 2. The highest BCUT2D eigenvalue weighted by atomic mass is 79.9. The molecule has 0 unspecified atom stereocenters. The molecule has 2 rings (SSSR count). The van der Waals surface area contributed by atoms with E-state index in [0.717, 1.165) is 29.2 Å². The van der Waals surface area contributed by atoms with Crippen LogP contribution in [0, 0.1) is 0 Å². The molecular weight excluding hydrogens is 292 g/mol. The van der Waals surface area contributed by atoms with Gasteiger partial charge in [0, 0.05) is 19.1 Å². The fraction of sp³-hybridized carbons (Fsp3) is 0.692. The quantitative estimate of drug-likeness (QED) is 0.904. The van der Waals surface area contributed by atoms with E-state index in [0.29, 0.717) is 6.04 Å². The zero-order valence-corrected chi connectivity index (χ0v) is 12.7. The summed E-state index contributed by atoms with van der Waals surface area (Å²) >= 11 is 3.64. The predicted octanol–water partition coefficient (Wildman–Crippen LogP) is 3.44. The molecule has 4 nitrogen and oxygen atoms in total. The molecule has 0 spiro atoms. The minimum Gasteiger partial charge on any atom is -0.369 e. The van der Waals surface area contributed by atoms with E-state index in [-0.39, 0.29) is 0 Å². The van der Waals surface area contributed by atoms with Crippen molar-refractivity contribution in [2.24, 2.45) is 0 Å². The molecule has 0 radical (unpaired) electrons. The van der Waals surface area contributed by atoms with Crippen LogP contribution in [-0.2, 0) is 0 Å². The molecule has 0 saturated heterocycles. The molecular formula is C13H21BrN4. The normalized spacial score (nSPS) is 15.9. The van der Waals surface area contributed by atoms with E-state index in [1.165, 1.54) is 25.7 Å². The van der Waals surface area contributed by atoms with Gasteiger partial charge in [-0.2, -0.15) is 0 Å². The number of rotatable bonds is 5. The van der Waals surface area contributed by atoms with Crippen molar-refractivity contribution in [3.8, 4) is 0 Å². The van der Waals surface area contributed by atoms with Gasteiger partial charge < -0.3 is 10.2 Å². The van der Waals surface area contributed by atoms with Crippen molar-refractivity contribution in [1.29, 1.82) is 0 Å². The minimum absolute atomic E-state index is 0.635. The molecule has 0 aromatic carbocycles. The third-order valence-corrected chi connectivity index (χ3v) is 4.22. The van der Waals surface area contributed by atoms with E-state index < -0.39 is 0 Å². The Kier molecular flexibility index (Phi) is 4.80. The van der Waals surface area contributed by atoms with Crippen LogP contribution >= 0.6 is 15.9 Å². The maximum atomic E-state index is 4.46. The number of hydrogen-bond donors (Lipinski definition) is 1. The van der Waals surface area contributed by atoms with Gasteiger partial charge >= 0.3 is 0 Å². The van der Waals surface area contributed by atoms with E-state index in [4.69, 9.17) is 0 Å². The average Bonchev–Trinajstić information content (AvgIpc) is 2.89. The second-order valence-corrected chi connectivity index (χ2v) is 5.41. The molecule has 0 bridgehead atoms. The number of halogens is 1. The van der Waals surface area contributed by atoms with Crippen molar-refractivity contribution in [1.82, 2.24) is 9.97 Å². The first-order valence-corrected chi connectivity index (χ1v) is 7.58. The lowest BCUT2D eigenvalue weighted by Crippen LogP contribution is -2.34. The van der Waals surface area contributed by atoms with Gasteiger partial charge in [0.15, 0.2) is 0 Å². The van der Waals surface area contributed by atoms with Gasteiger partial charge in [-0.1, -0.05) is 12.8 Å². The molecule has 5 heteroatoms. The van der Waals surface area contributed by atoms with Crippen LogP contribution in [0.25, 0.3) is 0 Å². The van der Waals surface area contributed by atoms with Crippen molar-refractivity contribution in [2.45, 2.75) is 45.6 Å². The second kappa shape index (κ2) is 6.36. The van der Waals surface area contributed by atoms with Crippen molar-refractivity contribution >= 4 is 27.6 Å². The largest absolute Gasteiger partial charge is 0.369 e. The molecule has 18 heavy (non-hydrogen) atoms. The van der Waals surface area contributed by atoms with Crippen molar-refractivity contribution in [2.75, 3.05) is 23.3 Å². The highest BCUT2D eigenvalue weighted by Gasteiger charge is 2.24. The van der Waals surface area contributed by atoms with Crippen LogP contribution in [0.15, 0.2) is 10.8 Å². The smallest absolute Gasteiger partial charge is 0.148 e. The first kappa shape index (κ1) is 13.6. The fourth-order valence-corrected chi connectivity index (χ4v) is 3.22. The Bertz CT molecular complexity index is 391. The number of nitrogens with zero attached hydrogens (tertiary/aromatic N) is 3. The van der Waals surface area contributed by atoms with Crippen LogP contribution < -0.4 is 10.2 Å². The number of anilines is 2. The molecule has 0 aliphatic heterocycles. The van der Waals surface area contributed by atoms with Gasteiger partial charge in [-0.3, -0.25) is 0 Å². The van der Waals surface area contributed by atoms with Crippen LogP contribution in [0.3, 0.4) is 0 Å². The SMILES string of the molecule is CCNc1ncnc(N(CC)C2CCCC2)c1Br. The lowest BCUT2D eigenvalue weighted by atomic mass is 10.2. The van der Waals surface area contributed by atoms with Crippen molar-refractivity contribution in [3.63, 3.8) is 0 Å². The molecule has 1 saturated carbocycles. The maximum Gasteiger partial charge on any atom is 0.148 e. The molecule has 1 aliphatic rings. The number of nitrogens with one attached hydrogen (secondary N) is 1. The van der Waals surface area contributed by atoms with Crippen LogP contribution in [-0.4, -0.2) is 29.1 Å². The maximum absolute atomic E-state index is 4.46. The van der Waals surface area contributed by atoms with Crippen LogP contribution in [0.4, 0.5) is 11.6 Å². The van der Waals surface area contributed by atoms with Gasteiger partial charge in [-0.05, 0) is 42.6 Å². The number of hydrogen-bond acceptors (Lipinski definition) is 4. The van der Waals surface area contributed by atoms with Crippen LogP contribution in [0.2, 0.25) is 0 Å². The lowest BCUT2D eigenvalue weighted by Gasteiger charge is -2.29. The summed E-state index contributed by atoms with van der Waals surface area (Å²) in [7, 11) is 0. The lowest BCUT2D eigenvalue weighted by molar-refractivity contribution is 0.611. The predicted molar refractivity (Wildman–Crippen MR) is 79.2 cm³/mol. The van der Waals surface area contributed by atoms with Crippen molar-refractivity contribution < 1.29 is 0 Å². The summed E-state index contributed by atoms with van der Waals surface area (Å²) in [6, 6.07) is 0.635. The fourth-order valence-electron chi connectivity index (χ4n) is 2.65. The van der Waals surface area contributed by atoms with E-state index in [1.54, 1.807) is 6.33 Å². The summed E-state index contributed by atoms with van der Waals surface area (Å²) in [6.45, 7) is 6.12. The summed E-state index contributed by atoms with van der Waals surface area (Å²) in [5.41, 5.74) is 0. The molecule has 1 aliphatic carbocycles. The molecule has 0 amide bonds. The van der Waals surface area contributed by atoms with E-state index in [2.05, 4.69) is 50.0 Å². The van der Waals surface area contributed by atoms with Gasteiger partial charge in [0.05, 0.1) is 0 Å². The molecule has 0 atom stereocenters. The summed E-state index contributed by atoms with van der Waals surface area (Å²) in [4.78, 5) is 11.1. The van der Waals surface area contributed by atoms with Gasteiger partial charge in [0.2, 0.25) is 0 Å². The Balaban J connectivity index is 2.26. The zero-order chi connectivity index (χ0) is 13.0. The van der Waals surface area contributed by atoms with Gasteiger partial charge in [0.25, 0.3) is 0 Å². The Hall–Kier alpha value is -0.840. The van der Waals surface area contributed by atoms with Crippen LogP contribution in [0.1, 0.15) is 39.5 Å². The highest BCUT2D eigenvalue weighted by Crippen LogP contribution is 2.34. The topological polar surface area (TPSA) is 41.1 Å². The van der Waals surface area contributed by atoms with Gasteiger partial charge in [0.1, 0.15) is 22.4 Å². The molecule has 1 aromatic rings. The molecule has 1 heterocycles. The molecule has 1 aromatic heterocycles. The summed E-state index contributed by atoms with van der Waals surface area (Å²) in [6.07, 6.45) is 6.88. The van der Waals surface area contributed by atoms with Gasteiger partial charge in [-0.15, -0.1) is 0 Å². The van der Waals surface area contributed by atoms with Crippen molar-refractivity contribution in [3.05, 3.63) is 10.8 Å². The third kappa shape index (κ3) is 2.76. The van der Waals surface area contributed by atoms with E-state index in [1.807, 2.05) is 0 Å². The summed E-state index contributed by atoms with van der Waals surface area (Å²) < 4.78 is 0.987. The second-order valence-electron chi connectivity index (χ2n) is 4.61. The average molecular weight is 313 g/mol. The molecule has 100 valence electrons. The van der Waals surface area contributed by atoms with Crippen LogP contribution in [0.5, 0.6) is 0 Å². The Morgan fingerprint density at radius 1 is 1.33 bits per heavy atom. The highest BCUT2D eigenvalue weighted by molar-refractivity contribution is 9.10. The Labute approximate surface area is 117 Å². The summed E-state index contributed by atoms with van der Waals surface area (Å²) in [5.74, 6) is 1.91. The molecule has 1 fully saturated rings. The molecule has 1 N–H and O–H groups in total. The first-order chi connectivity index (χ1) is 8.77. The zero-order valence-electron chi connectivity index (χ0n) is 11.1. The third-order valence-electron chi connectivity index (χ3n) is 3.49.